The molecular formula is C7H6N2O2S2. The lowest BCUT2D eigenvalue weighted by atomic mass is 10.3. The number of rotatable bonds is 2. The molecule has 0 saturated heterocycles. The molecule has 0 aliphatic rings. The van der Waals surface area contributed by atoms with Crippen LogP contribution in [0.5, 0.6) is 0 Å². The van der Waals surface area contributed by atoms with Gasteiger partial charge in [0.1, 0.15) is 4.32 Å². The minimum Gasteiger partial charge on any atom is -0.341 e. The summed E-state index contributed by atoms with van der Waals surface area (Å²) in [6.07, 6.45) is 0. The predicted octanol–water partition coefficient (Wildman–Crippen LogP) is 2.22. The van der Waals surface area contributed by atoms with Gasteiger partial charge in [0.15, 0.2) is 0 Å². The standard InChI is InChI=1S/C7H6N2O2S2/c10-9(11)6-3-1-2-5(4-6)8-7(12)13/h1-4H,(H2,8,12,13). The van der Waals surface area contributed by atoms with Crippen LogP contribution in [0.25, 0.3) is 0 Å². The molecule has 0 fully saturated rings. The second kappa shape index (κ2) is 4.20. The van der Waals surface area contributed by atoms with Crippen molar-refractivity contribution < 1.29 is 4.92 Å². The SMILES string of the molecule is O=[N+]([O-])c1cccc(NC(=S)S)c1. The van der Waals surface area contributed by atoms with E-state index in [1.54, 1.807) is 12.1 Å². The van der Waals surface area contributed by atoms with Gasteiger partial charge in [0.25, 0.3) is 5.69 Å². The number of hydrogen-bond donors (Lipinski definition) is 2. The lowest BCUT2D eigenvalue weighted by molar-refractivity contribution is -0.384. The molecule has 1 rings (SSSR count). The predicted molar refractivity (Wildman–Crippen MR) is 58.3 cm³/mol. The van der Waals surface area contributed by atoms with Gasteiger partial charge in [0.2, 0.25) is 0 Å². The zero-order chi connectivity index (χ0) is 9.84. The molecule has 0 aliphatic carbocycles. The molecule has 0 radical (unpaired) electrons. The van der Waals surface area contributed by atoms with Crippen molar-refractivity contribution in [3.05, 3.63) is 34.4 Å². The number of nitro benzene ring substituents is 1. The summed E-state index contributed by atoms with van der Waals surface area (Å²) in [5.74, 6) is 0. The van der Waals surface area contributed by atoms with Crippen LogP contribution in [0.15, 0.2) is 24.3 Å². The van der Waals surface area contributed by atoms with E-state index >= 15 is 0 Å². The van der Waals surface area contributed by atoms with E-state index in [0.29, 0.717) is 5.69 Å². The third-order valence-corrected chi connectivity index (χ3v) is 1.52. The molecule has 4 nitrogen and oxygen atoms in total. The molecule has 13 heavy (non-hydrogen) atoms. The molecule has 0 aliphatic heterocycles. The first kappa shape index (κ1) is 9.94. The molecule has 0 heterocycles. The summed E-state index contributed by atoms with van der Waals surface area (Å²) < 4.78 is 0.278. The molecular weight excluding hydrogens is 208 g/mol. The molecule has 1 N–H and O–H groups in total. The maximum Gasteiger partial charge on any atom is 0.271 e. The molecule has 0 spiro atoms. The summed E-state index contributed by atoms with van der Waals surface area (Å²) in [6, 6.07) is 6.05. The van der Waals surface area contributed by atoms with Crippen LogP contribution in [0.1, 0.15) is 0 Å². The highest BCUT2D eigenvalue weighted by molar-refractivity contribution is 8.11. The number of benzene rings is 1. The van der Waals surface area contributed by atoms with Crippen molar-refractivity contribution in [2.24, 2.45) is 0 Å². The Labute approximate surface area is 85.5 Å². The van der Waals surface area contributed by atoms with E-state index in [1.165, 1.54) is 12.1 Å². The minimum absolute atomic E-state index is 0.0228. The van der Waals surface area contributed by atoms with Gasteiger partial charge in [0, 0.05) is 17.8 Å². The molecule has 0 saturated carbocycles. The van der Waals surface area contributed by atoms with Crippen LogP contribution in [0.4, 0.5) is 11.4 Å². The Balaban J connectivity index is 2.91. The normalized spacial score (nSPS) is 9.31. The molecule has 0 unspecified atom stereocenters. The molecule has 1 aromatic carbocycles. The molecule has 68 valence electrons. The Kier molecular flexibility index (Phi) is 3.21. The zero-order valence-corrected chi connectivity index (χ0v) is 8.14. The lowest BCUT2D eigenvalue weighted by Gasteiger charge is -2.01. The fourth-order valence-electron chi connectivity index (χ4n) is 0.821. The quantitative estimate of drug-likeness (QED) is 0.343. The summed E-state index contributed by atoms with van der Waals surface area (Å²) in [7, 11) is 0. The third-order valence-electron chi connectivity index (χ3n) is 1.31. The summed E-state index contributed by atoms with van der Waals surface area (Å²) in [4.78, 5) is 9.90. The van der Waals surface area contributed by atoms with Gasteiger partial charge in [0.05, 0.1) is 4.92 Å². The molecule has 0 atom stereocenters. The van der Waals surface area contributed by atoms with Crippen molar-refractivity contribution in [2.45, 2.75) is 0 Å². The molecule has 6 heteroatoms. The van der Waals surface area contributed by atoms with Crippen molar-refractivity contribution in [3.8, 4) is 0 Å². The summed E-state index contributed by atoms with van der Waals surface area (Å²) >= 11 is 8.52. The van der Waals surface area contributed by atoms with Gasteiger partial charge in [-0.05, 0) is 6.07 Å². The molecule has 0 bridgehead atoms. The number of thiocarbonyl (C=S) groups is 1. The largest absolute Gasteiger partial charge is 0.341 e. The van der Waals surface area contributed by atoms with Gasteiger partial charge in [-0.2, -0.15) is 0 Å². The minimum atomic E-state index is -0.466. The van der Waals surface area contributed by atoms with Crippen molar-refractivity contribution in [2.75, 3.05) is 5.32 Å². The highest BCUT2D eigenvalue weighted by Crippen LogP contribution is 2.17. The van der Waals surface area contributed by atoms with Crippen molar-refractivity contribution in [1.82, 2.24) is 0 Å². The maximum absolute atomic E-state index is 10.4. The first-order valence-corrected chi connectivity index (χ1v) is 4.19. The van der Waals surface area contributed by atoms with E-state index in [-0.39, 0.29) is 10.0 Å². The highest BCUT2D eigenvalue weighted by Gasteiger charge is 2.04. The number of nitrogens with one attached hydrogen (secondary N) is 1. The number of anilines is 1. The molecule has 0 aromatic heterocycles. The molecule has 1 aromatic rings. The van der Waals surface area contributed by atoms with Gasteiger partial charge in [-0.25, -0.2) is 0 Å². The Hall–Kier alpha value is -1.14. The highest BCUT2D eigenvalue weighted by atomic mass is 32.1. The number of nitrogens with zero attached hydrogens (tertiary/aromatic N) is 1. The van der Waals surface area contributed by atoms with Crippen LogP contribution in [0.3, 0.4) is 0 Å². The molecule has 0 amide bonds. The number of thiol groups is 1. The average molecular weight is 214 g/mol. The van der Waals surface area contributed by atoms with Crippen LogP contribution in [0.2, 0.25) is 0 Å². The van der Waals surface area contributed by atoms with E-state index in [2.05, 4.69) is 30.2 Å². The van der Waals surface area contributed by atoms with E-state index < -0.39 is 4.92 Å². The second-order valence-electron chi connectivity index (χ2n) is 2.24. The fraction of sp³-hybridized carbons (Fsp3) is 0. The first-order valence-electron chi connectivity index (χ1n) is 3.34. The van der Waals surface area contributed by atoms with Crippen LogP contribution in [0, 0.1) is 10.1 Å². The number of nitro groups is 1. The maximum atomic E-state index is 10.4. The van der Waals surface area contributed by atoms with Crippen molar-refractivity contribution >= 4 is 40.5 Å². The Morgan fingerprint density at radius 1 is 1.62 bits per heavy atom. The van der Waals surface area contributed by atoms with Gasteiger partial charge in [-0.3, -0.25) is 10.1 Å². The number of non-ortho nitro benzene ring substituents is 1. The fourth-order valence-corrected chi connectivity index (χ4v) is 1.07. The summed E-state index contributed by atoms with van der Waals surface area (Å²) in [6.45, 7) is 0. The van der Waals surface area contributed by atoms with Gasteiger partial charge < -0.3 is 5.32 Å². The van der Waals surface area contributed by atoms with Gasteiger partial charge >= 0.3 is 0 Å². The Bertz CT molecular complexity index is 354. The Morgan fingerprint density at radius 3 is 2.85 bits per heavy atom. The lowest BCUT2D eigenvalue weighted by Crippen LogP contribution is -2.00. The van der Waals surface area contributed by atoms with E-state index in [1.807, 2.05) is 0 Å². The van der Waals surface area contributed by atoms with Gasteiger partial charge in [-0.15, -0.1) is 12.6 Å². The monoisotopic (exact) mass is 214 g/mol. The number of hydrogen-bond acceptors (Lipinski definition) is 3. The first-order chi connectivity index (χ1) is 6.09. The van der Waals surface area contributed by atoms with Crippen molar-refractivity contribution in [3.63, 3.8) is 0 Å². The second-order valence-corrected chi connectivity index (χ2v) is 3.40. The summed E-state index contributed by atoms with van der Waals surface area (Å²) in [5, 5.41) is 13.1. The topological polar surface area (TPSA) is 55.2 Å². The van der Waals surface area contributed by atoms with Gasteiger partial charge in [-0.1, -0.05) is 18.3 Å². The van der Waals surface area contributed by atoms with Crippen molar-refractivity contribution in [1.29, 1.82) is 0 Å². The van der Waals surface area contributed by atoms with Crippen LogP contribution < -0.4 is 5.32 Å². The van der Waals surface area contributed by atoms with E-state index in [9.17, 15) is 10.1 Å². The van der Waals surface area contributed by atoms with Crippen LogP contribution in [-0.4, -0.2) is 9.24 Å². The summed E-state index contributed by atoms with van der Waals surface area (Å²) in [5.41, 5.74) is 0.587. The Morgan fingerprint density at radius 2 is 2.31 bits per heavy atom. The smallest absolute Gasteiger partial charge is 0.271 e. The third kappa shape index (κ3) is 3.00. The van der Waals surface area contributed by atoms with Crippen LogP contribution >= 0.6 is 24.8 Å². The van der Waals surface area contributed by atoms with E-state index in [4.69, 9.17) is 0 Å². The zero-order valence-electron chi connectivity index (χ0n) is 6.43. The van der Waals surface area contributed by atoms with Crippen LogP contribution in [-0.2, 0) is 0 Å². The van der Waals surface area contributed by atoms with E-state index in [0.717, 1.165) is 0 Å². The average Bonchev–Trinajstić information content (AvgIpc) is 2.03.